The van der Waals surface area contributed by atoms with Gasteiger partial charge in [-0.1, -0.05) is 24.3 Å². The monoisotopic (exact) mass is 454 g/mol. The van der Waals surface area contributed by atoms with Crippen LogP contribution in [0.2, 0.25) is 0 Å². The number of rotatable bonds is 4. The molecular formula is C23H21F3N6O. The van der Waals surface area contributed by atoms with Gasteiger partial charge in [-0.3, -0.25) is 9.30 Å². The summed E-state index contributed by atoms with van der Waals surface area (Å²) < 4.78 is 49.5. The average molecular weight is 454 g/mol. The zero-order chi connectivity index (χ0) is 23.0. The minimum Gasteiger partial charge on any atom is -0.494 e. The number of benzene rings is 1. The van der Waals surface area contributed by atoms with E-state index in [1.54, 1.807) is 29.7 Å². The number of nitrogens with two attached hydrogens (primary N) is 1. The van der Waals surface area contributed by atoms with Crippen LogP contribution in [0.15, 0.2) is 48.7 Å². The van der Waals surface area contributed by atoms with Crippen molar-refractivity contribution in [3.63, 3.8) is 0 Å². The molecule has 0 bridgehead atoms. The van der Waals surface area contributed by atoms with Gasteiger partial charge in [-0.2, -0.15) is 13.2 Å². The third-order valence-corrected chi connectivity index (χ3v) is 6.78. The van der Waals surface area contributed by atoms with Crippen LogP contribution in [0.5, 0.6) is 5.75 Å². The molecule has 1 saturated heterocycles. The first-order valence-corrected chi connectivity index (χ1v) is 10.7. The Balaban J connectivity index is 1.45. The fraction of sp³-hybridized carbons (Fsp3) is 0.348. The molecule has 0 radical (unpaired) electrons. The van der Waals surface area contributed by atoms with E-state index >= 15 is 0 Å². The number of halogens is 3. The van der Waals surface area contributed by atoms with Gasteiger partial charge in [0.05, 0.1) is 7.11 Å². The lowest BCUT2D eigenvalue weighted by molar-refractivity contribution is -0.185. The zero-order valence-electron chi connectivity index (χ0n) is 17.8. The van der Waals surface area contributed by atoms with E-state index in [4.69, 9.17) is 10.5 Å². The standard InChI is InChI=1S/C23H21F3N6O/c1-33-17-4-2-3-13-5-7-16(28-19(13)17)21-30-29-18-8-6-14(10-32(18)21)20(23(24,25)26)31-11-15-9-22(15,27)12-31/h2-8,10,15,20H,9,11-12,27H2,1H3/t15?,20-,22+/m1/s1. The van der Waals surface area contributed by atoms with E-state index in [1.807, 2.05) is 18.2 Å². The zero-order valence-corrected chi connectivity index (χ0v) is 17.8. The molecule has 3 atom stereocenters. The number of hydrogen-bond acceptors (Lipinski definition) is 6. The predicted molar refractivity (Wildman–Crippen MR) is 116 cm³/mol. The van der Waals surface area contributed by atoms with Crippen LogP contribution < -0.4 is 10.5 Å². The van der Waals surface area contributed by atoms with Crippen molar-refractivity contribution in [3.05, 3.63) is 54.2 Å². The molecule has 4 heterocycles. The maximum atomic E-state index is 14.2. The van der Waals surface area contributed by atoms with Gasteiger partial charge in [0, 0.05) is 30.2 Å². The molecular weight excluding hydrogens is 433 g/mol. The van der Waals surface area contributed by atoms with Crippen molar-refractivity contribution in [2.45, 2.75) is 24.2 Å². The summed E-state index contributed by atoms with van der Waals surface area (Å²) in [7, 11) is 1.56. The lowest BCUT2D eigenvalue weighted by Crippen LogP contribution is -2.41. The molecule has 33 heavy (non-hydrogen) atoms. The summed E-state index contributed by atoms with van der Waals surface area (Å²) in [5.41, 5.74) is 7.41. The second-order valence-corrected chi connectivity index (χ2v) is 8.95. The van der Waals surface area contributed by atoms with Crippen molar-refractivity contribution in [2.24, 2.45) is 11.7 Å². The van der Waals surface area contributed by atoms with Crippen LogP contribution in [0.4, 0.5) is 13.2 Å². The molecule has 1 aromatic carbocycles. The summed E-state index contributed by atoms with van der Waals surface area (Å²) in [6.45, 7) is 0.584. The van der Waals surface area contributed by atoms with E-state index in [0.717, 1.165) is 11.8 Å². The van der Waals surface area contributed by atoms with Crippen LogP contribution in [-0.4, -0.2) is 56.4 Å². The highest BCUT2D eigenvalue weighted by molar-refractivity contribution is 5.86. The molecule has 0 amide bonds. The number of ether oxygens (including phenoxy) is 1. The first-order chi connectivity index (χ1) is 15.8. The minimum absolute atomic E-state index is 0.124. The van der Waals surface area contributed by atoms with Crippen molar-refractivity contribution < 1.29 is 17.9 Å². The van der Waals surface area contributed by atoms with Gasteiger partial charge in [-0.15, -0.1) is 10.2 Å². The fourth-order valence-electron chi connectivity index (χ4n) is 5.02. The number of likely N-dealkylation sites (tertiary alicyclic amines) is 1. The van der Waals surface area contributed by atoms with Crippen molar-refractivity contribution in [1.82, 2.24) is 24.5 Å². The summed E-state index contributed by atoms with van der Waals surface area (Å²) in [6.07, 6.45) is -2.19. The summed E-state index contributed by atoms with van der Waals surface area (Å²) in [4.78, 5) is 6.11. The second kappa shape index (κ2) is 6.88. The van der Waals surface area contributed by atoms with Gasteiger partial charge in [0.2, 0.25) is 0 Å². The molecule has 0 spiro atoms. The highest BCUT2D eigenvalue weighted by atomic mass is 19.4. The number of methoxy groups -OCH3 is 1. The Morgan fingerprint density at radius 1 is 1.15 bits per heavy atom. The Labute approximate surface area is 187 Å². The van der Waals surface area contributed by atoms with Crippen molar-refractivity contribution in [3.8, 4) is 17.3 Å². The lowest BCUT2D eigenvalue weighted by atomic mass is 10.1. The Morgan fingerprint density at radius 2 is 2.00 bits per heavy atom. The average Bonchev–Trinajstić information content (AvgIpc) is 3.08. The van der Waals surface area contributed by atoms with Gasteiger partial charge in [0.25, 0.3) is 0 Å². The third kappa shape index (κ3) is 3.24. The van der Waals surface area contributed by atoms with E-state index < -0.39 is 17.8 Å². The highest BCUT2D eigenvalue weighted by Crippen LogP contribution is 2.52. The molecule has 4 aromatic rings. The fourth-order valence-corrected chi connectivity index (χ4v) is 5.02. The number of alkyl halides is 3. The van der Waals surface area contributed by atoms with E-state index in [2.05, 4.69) is 15.2 Å². The maximum absolute atomic E-state index is 14.2. The topological polar surface area (TPSA) is 81.6 Å². The first kappa shape index (κ1) is 20.4. The van der Waals surface area contributed by atoms with Gasteiger partial charge < -0.3 is 10.5 Å². The van der Waals surface area contributed by atoms with Crippen LogP contribution in [0.1, 0.15) is 18.0 Å². The van der Waals surface area contributed by atoms with Gasteiger partial charge >= 0.3 is 6.18 Å². The number of fused-ring (bicyclic) bond motifs is 3. The molecule has 3 aromatic heterocycles. The first-order valence-electron chi connectivity index (χ1n) is 10.7. The Morgan fingerprint density at radius 3 is 2.73 bits per heavy atom. The van der Waals surface area contributed by atoms with E-state index in [0.29, 0.717) is 35.0 Å². The van der Waals surface area contributed by atoms with E-state index in [9.17, 15) is 13.2 Å². The lowest BCUT2D eigenvalue weighted by Gasteiger charge is -2.31. The smallest absolute Gasteiger partial charge is 0.408 e. The van der Waals surface area contributed by atoms with Crippen LogP contribution in [0.3, 0.4) is 0 Å². The molecule has 1 unspecified atom stereocenters. The largest absolute Gasteiger partial charge is 0.494 e. The van der Waals surface area contributed by atoms with Crippen molar-refractivity contribution in [1.29, 1.82) is 0 Å². The van der Waals surface area contributed by atoms with Crippen LogP contribution >= 0.6 is 0 Å². The molecule has 10 heteroatoms. The summed E-state index contributed by atoms with van der Waals surface area (Å²) in [5.74, 6) is 1.10. The normalized spacial score (nSPS) is 23.7. The number of nitrogens with zero attached hydrogens (tertiary/aromatic N) is 5. The maximum Gasteiger partial charge on any atom is 0.408 e. The van der Waals surface area contributed by atoms with Crippen molar-refractivity contribution in [2.75, 3.05) is 20.2 Å². The molecule has 170 valence electrons. The Hall–Kier alpha value is -3.24. The summed E-state index contributed by atoms with van der Waals surface area (Å²) in [5, 5.41) is 9.23. The summed E-state index contributed by atoms with van der Waals surface area (Å²) >= 11 is 0. The summed E-state index contributed by atoms with van der Waals surface area (Å²) in [6, 6.07) is 10.5. The molecule has 1 aliphatic carbocycles. The van der Waals surface area contributed by atoms with Crippen LogP contribution in [0.25, 0.3) is 28.1 Å². The SMILES string of the molecule is COc1cccc2ccc(-c3nnc4ccc([C@@H](N5CC6C[C@]6(N)C5)C(F)(F)F)cn34)nc12. The molecule has 2 aliphatic rings. The van der Waals surface area contributed by atoms with Crippen LogP contribution in [0, 0.1) is 5.92 Å². The van der Waals surface area contributed by atoms with Crippen molar-refractivity contribution >= 4 is 16.6 Å². The molecule has 6 rings (SSSR count). The molecule has 2 fully saturated rings. The minimum atomic E-state index is -4.44. The van der Waals surface area contributed by atoms with Gasteiger partial charge in [0.1, 0.15) is 23.0 Å². The van der Waals surface area contributed by atoms with Gasteiger partial charge in [-0.05, 0) is 36.1 Å². The van der Waals surface area contributed by atoms with E-state index in [1.165, 1.54) is 17.2 Å². The van der Waals surface area contributed by atoms with Gasteiger partial charge in [0.15, 0.2) is 11.5 Å². The Bertz CT molecular complexity index is 1390. The predicted octanol–water partition coefficient (Wildman–Crippen LogP) is 3.59. The van der Waals surface area contributed by atoms with E-state index in [-0.39, 0.29) is 18.0 Å². The quantitative estimate of drug-likeness (QED) is 0.508. The molecule has 1 saturated carbocycles. The number of piperidine rings is 1. The van der Waals surface area contributed by atoms with Gasteiger partial charge in [-0.25, -0.2) is 4.98 Å². The number of hydrogen-bond donors (Lipinski definition) is 1. The Kier molecular flexibility index (Phi) is 4.25. The number of pyridine rings is 2. The third-order valence-electron chi connectivity index (χ3n) is 6.78. The number of para-hydroxylation sites is 1. The molecule has 7 nitrogen and oxygen atoms in total. The highest BCUT2D eigenvalue weighted by Gasteiger charge is 2.61. The molecule has 1 aliphatic heterocycles. The molecule has 2 N–H and O–H groups in total. The second-order valence-electron chi connectivity index (χ2n) is 8.95. The number of aromatic nitrogens is 4. The van der Waals surface area contributed by atoms with Crippen LogP contribution in [-0.2, 0) is 0 Å².